The summed E-state index contributed by atoms with van der Waals surface area (Å²) in [5.74, 6) is -0.439. The third-order valence-electron chi connectivity index (χ3n) is 3.90. The average Bonchev–Trinajstić information content (AvgIpc) is 3.00. The largest absolute Gasteiger partial charge is 0.480 e. The van der Waals surface area contributed by atoms with Crippen LogP contribution in [0.4, 0.5) is 4.79 Å². The predicted octanol–water partition coefficient (Wildman–Crippen LogP) is 2.68. The molecule has 0 aromatic carbocycles. The number of hydrogen-bond donors (Lipinski definition) is 1. The Labute approximate surface area is 131 Å². The maximum Gasteiger partial charge on any atom is 0.327 e. The molecule has 7 heteroatoms. The standard InChI is InChI=1S/C14H18N2O3S2/c1-9-16(12(8-21-9)13(17)18)14(19)15(11-2-3-11)6-10-4-5-20-7-10/h4-5,7,9,11-12H,2-3,6,8H2,1H3,(H,17,18). The van der Waals surface area contributed by atoms with E-state index in [1.54, 1.807) is 11.3 Å². The fraction of sp³-hybridized carbons (Fsp3) is 0.571. The molecule has 5 nitrogen and oxygen atoms in total. The van der Waals surface area contributed by atoms with Gasteiger partial charge < -0.3 is 10.0 Å². The lowest BCUT2D eigenvalue weighted by Crippen LogP contribution is -2.51. The van der Waals surface area contributed by atoms with E-state index < -0.39 is 12.0 Å². The molecule has 0 spiro atoms. The molecule has 1 aromatic rings. The van der Waals surface area contributed by atoms with Crippen LogP contribution in [0.5, 0.6) is 0 Å². The molecule has 1 aliphatic carbocycles. The van der Waals surface area contributed by atoms with Crippen LogP contribution in [0, 0.1) is 0 Å². The van der Waals surface area contributed by atoms with E-state index in [1.807, 2.05) is 28.7 Å². The van der Waals surface area contributed by atoms with Crippen molar-refractivity contribution in [3.05, 3.63) is 22.4 Å². The Balaban J connectivity index is 1.78. The summed E-state index contributed by atoms with van der Waals surface area (Å²) in [5.41, 5.74) is 1.12. The van der Waals surface area contributed by atoms with Gasteiger partial charge in [-0.1, -0.05) is 0 Å². The first-order valence-corrected chi connectivity index (χ1v) is 9.01. The van der Waals surface area contributed by atoms with Gasteiger partial charge in [0.1, 0.15) is 6.04 Å². The van der Waals surface area contributed by atoms with Crippen molar-refractivity contribution in [3.8, 4) is 0 Å². The molecule has 1 aromatic heterocycles. The summed E-state index contributed by atoms with van der Waals surface area (Å²) in [6.07, 6.45) is 2.03. The van der Waals surface area contributed by atoms with Crippen LogP contribution in [0.25, 0.3) is 0 Å². The number of carbonyl (C=O) groups is 2. The van der Waals surface area contributed by atoms with Gasteiger partial charge in [0.15, 0.2) is 0 Å². The number of carboxylic acid groups (broad SMARTS) is 1. The Morgan fingerprint density at radius 3 is 2.81 bits per heavy atom. The molecular formula is C14H18N2O3S2. The van der Waals surface area contributed by atoms with Gasteiger partial charge in [-0.3, -0.25) is 4.90 Å². The number of urea groups is 1. The predicted molar refractivity (Wildman–Crippen MR) is 83.5 cm³/mol. The minimum absolute atomic E-state index is 0.0812. The van der Waals surface area contributed by atoms with Crippen LogP contribution in [0.15, 0.2) is 16.8 Å². The van der Waals surface area contributed by atoms with E-state index in [0.717, 1.165) is 18.4 Å². The molecule has 2 amide bonds. The highest BCUT2D eigenvalue weighted by Gasteiger charge is 2.44. The summed E-state index contributed by atoms with van der Waals surface area (Å²) in [5, 5.41) is 13.3. The van der Waals surface area contributed by atoms with Crippen LogP contribution in [-0.2, 0) is 11.3 Å². The SMILES string of the molecule is CC1SCC(C(=O)O)N1C(=O)N(Cc1ccsc1)C1CC1. The van der Waals surface area contributed by atoms with Crippen molar-refractivity contribution >= 4 is 35.1 Å². The maximum absolute atomic E-state index is 12.9. The zero-order valence-corrected chi connectivity index (χ0v) is 13.4. The number of rotatable bonds is 4. The molecule has 114 valence electrons. The minimum Gasteiger partial charge on any atom is -0.480 e. The number of aliphatic carboxylic acids is 1. The fourth-order valence-corrected chi connectivity index (χ4v) is 4.41. The second-order valence-electron chi connectivity index (χ2n) is 5.47. The van der Waals surface area contributed by atoms with Gasteiger partial charge in [-0.05, 0) is 42.2 Å². The van der Waals surface area contributed by atoms with Gasteiger partial charge in [0.05, 0.1) is 5.37 Å². The van der Waals surface area contributed by atoms with Crippen LogP contribution >= 0.6 is 23.1 Å². The van der Waals surface area contributed by atoms with Crippen molar-refractivity contribution in [2.45, 2.75) is 43.8 Å². The van der Waals surface area contributed by atoms with E-state index in [-0.39, 0.29) is 17.4 Å². The summed E-state index contributed by atoms with van der Waals surface area (Å²) in [6, 6.07) is 1.45. The fourth-order valence-electron chi connectivity index (χ4n) is 2.59. The number of nitrogens with zero attached hydrogens (tertiary/aromatic N) is 2. The van der Waals surface area contributed by atoms with Crippen LogP contribution < -0.4 is 0 Å². The highest BCUT2D eigenvalue weighted by molar-refractivity contribution is 8.00. The van der Waals surface area contributed by atoms with Crippen molar-refractivity contribution in [1.29, 1.82) is 0 Å². The summed E-state index contributed by atoms with van der Waals surface area (Å²) in [6.45, 7) is 2.48. The quantitative estimate of drug-likeness (QED) is 0.924. The summed E-state index contributed by atoms with van der Waals surface area (Å²) in [7, 11) is 0. The van der Waals surface area contributed by atoms with Crippen LogP contribution in [0.3, 0.4) is 0 Å². The number of hydrogen-bond acceptors (Lipinski definition) is 4. The van der Waals surface area contributed by atoms with Gasteiger partial charge in [-0.15, -0.1) is 11.8 Å². The lowest BCUT2D eigenvalue weighted by atomic mass is 10.2. The lowest BCUT2D eigenvalue weighted by Gasteiger charge is -2.32. The van der Waals surface area contributed by atoms with E-state index >= 15 is 0 Å². The molecule has 21 heavy (non-hydrogen) atoms. The molecule has 2 fully saturated rings. The molecule has 1 saturated carbocycles. The Kier molecular flexibility index (Phi) is 4.12. The zero-order valence-electron chi connectivity index (χ0n) is 11.8. The van der Waals surface area contributed by atoms with E-state index in [2.05, 4.69) is 0 Å². The topological polar surface area (TPSA) is 60.9 Å². The molecule has 1 saturated heterocycles. The van der Waals surface area contributed by atoms with Gasteiger partial charge in [0.2, 0.25) is 0 Å². The summed E-state index contributed by atoms with van der Waals surface area (Å²) >= 11 is 3.14. The first kappa shape index (κ1) is 14.7. The molecular weight excluding hydrogens is 308 g/mol. The number of thioether (sulfide) groups is 1. The minimum atomic E-state index is -0.911. The van der Waals surface area contributed by atoms with Crippen molar-refractivity contribution in [3.63, 3.8) is 0 Å². The van der Waals surface area contributed by atoms with Crippen LogP contribution in [0.1, 0.15) is 25.3 Å². The average molecular weight is 326 g/mol. The smallest absolute Gasteiger partial charge is 0.327 e. The Morgan fingerprint density at radius 2 is 2.24 bits per heavy atom. The number of carboxylic acids is 1. The van der Waals surface area contributed by atoms with Gasteiger partial charge in [0, 0.05) is 18.3 Å². The molecule has 2 aliphatic rings. The van der Waals surface area contributed by atoms with Gasteiger partial charge in [-0.2, -0.15) is 11.3 Å². The number of amides is 2. The Bertz CT molecular complexity index is 530. The van der Waals surface area contributed by atoms with Crippen molar-refractivity contribution in [2.24, 2.45) is 0 Å². The van der Waals surface area contributed by atoms with Crippen LogP contribution in [-0.4, -0.2) is 50.1 Å². The molecule has 0 radical (unpaired) electrons. The van der Waals surface area contributed by atoms with Crippen molar-refractivity contribution in [2.75, 3.05) is 5.75 Å². The highest BCUT2D eigenvalue weighted by atomic mass is 32.2. The summed E-state index contributed by atoms with van der Waals surface area (Å²) < 4.78 is 0. The van der Waals surface area contributed by atoms with Gasteiger partial charge in [0.25, 0.3) is 0 Å². The zero-order chi connectivity index (χ0) is 15.0. The van der Waals surface area contributed by atoms with Crippen molar-refractivity contribution < 1.29 is 14.7 Å². The van der Waals surface area contributed by atoms with E-state index in [0.29, 0.717) is 12.3 Å². The molecule has 2 atom stereocenters. The summed E-state index contributed by atoms with van der Waals surface area (Å²) in [4.78, 5) is 27.6. The van der Waals surface area contributed by atoms with Gasteiger partial charge in [-0.25, -0.2) is 9.59 Å². The maximum atomic E-state index is 12.9. The second kappa shape index (κ2) is 5.88. The molecule has 3 rings (SSSR count). The normalized spacial score (nSPS) is 25.1. The third kappa shape index (κ3) is 3.03. The number of carbonyl (C=O) groups excluding carboxylic acids is 1. The monoisotopic (exact) mass is 326 g/mol. The number of thiophene rings is 1. The Hall–Kier alpha value is -1.21. The molecule has 1 N–H and O–H groups in total. The molecule has 0 bridgehead atoms. The van der Waals surface area contributed by atoms with Crippen molar-refractivity contribution in [1.82, 2.24) is 9.80 Å². The Morgan fingerprint density at radius 1 is 1.48 bits per heavy atom. The van der Waals surface area contributed by atoms with E-state index in [1.165, 1.54) is 16.7 Å². The molecule has 2 unspecified atom stereocenters. The van der Waals surface area contributed by atoms with E-state index in [9.17, 15) is 14.7 Å². The van der Waals surface area contributed by atoms with Crippen LogP contribution in [0.2, 0.25) is 0 Å². The molecule has 2 heterocycles. The first-order valence-electron chi connectivity index (χ1n) is 7.02. The lowest BCUT2D eigenvalue weighted by molar-refractivity contribution is -0.141. The third-order valence-corrected chi connectivity index (χ3v) is 5.84. The van der Waals surface area contributed by atoms with Gasteiger partial charge >= 0.3 is 12.0 Å². The first-order chi connectivity index (χ1) is 10.1. The second-order valence-corrected chi connectivity index (χ2v) is 7.60. The van der Waals surface area contributed by atoms with E-state index in [4.69, 9.17) is 0 Å². The highest BCUT2D eigenvalue weighted by Crippen LogP contribution is 2.34. The molecule has 1 aliphatic heterocycles.